The van der Waals surface area contributed by atoms with Crippen LogP contribution in [0.5, 0.6) is 0 Å². The summed E-state index contributed by atoms with van der Waals surface area (Å²) in [5.74, 6) is 8.68. The quantitative estimate of drug-likeness (QED) is 0.440. The molecule has 0 aliphatic heterocycles. The third-order valence-electron chi connectivity index (χ3n) is 9.60. The molecule has 19 heavy (non-hydrogen) atoms. The van der Waals surface area contributed by atoms with Crippen molar-refractivity contribution in [3.05, 3.63) is 12.2 Å². The summed E-state index contributed by atoms with van der Waals surface area (Å²) in [7, 11) is 0. The summed E-state index contributed by atoms with van der Waals surface area (Å²) in [6.45, 7) is 5.45. The van der Waals surface area contributed by atoms with E-state index in [1.54, 1.807) is 25.7 Å². The third kappa shape index (κ3) is 0.808. The van der Waals surface area contributed by atoms with Crippen LogP contribution in [0.3, 0.4) is 0 Å². The lowest BCUT2D eigenvalue weighted by Crippen LogP contribution is -2.51. The average molecular weight is 254 g/mol. The predicted octanol–water partition coefficient (Wildman–Crippen LogP) is 4.52. The van der Waals surface area contributed by atoms with Gasteiger partial charge < -0.3 is 0 Å². The van der Waals surface area contributed by atoms with Gasteiger partial charge in [-0.3, -0.25) is 0 Å². The van der Waals surface area contributed by atoms with Gasteiger partial charge in [0.05, 0.1) is 0 Å². The molecular formula is C19H26. The van der Waals surface area contributed by atoms with E-state index in [0.717, 1.165) is 47.3 Å². The molecule has 6 aliphatic rings. The molecule has 0 aromatic heterocycles. The Balaban J connectivity index is 1.57. The summed E-state index contributed by atoms with van der Waals surface area (Å²) in [6.07, 6.45) is 13.1. The minimum Gasteiger partial charge on any atom is -0.0848 e. The average Bonchev–Trinajstić information content (AvgIpc) is 3.13. The zero-order valence-electron chi connectivity index (χ0n) is 12.3. The number of hydrogen-bond acceptors (Lipinski definition) is 0. The molecule has 0 heteroatoms. The molecule has 0 aromatic rings. The molecule has 6 rings (SSSR count). The fraction of sp³-hybridized carbons (Fsp3) is 0.895. The van der Waals surface area contributed by atoms with E-state index < -0.39 is 0 Å². The number of fused-ring (bicyclic) bond motifs is 16. The van der Waals surface area contributed by atoms with Crippen molar-refractivity contribution in [2.45, 2.75) is 46.0 Å². The van der Waals surface area contributed by atoms with Crippen molar-refractivity contribution in [1.82, 2.24) is 0 Å². The van der Waals surface area contributed by atoms with Crippen LogP contribution in [-0.4, -0.2) is 0 Å². The fourth-order valence-electron chi connectivity index (χ4n) is 9.30. The molecular weight excluding hydrogens is 228 g/mol. The number of allylic oxidation sites excluding steroid dienone is 2. The maximum Gasteiger partial charge on any atom is -0.0165 e. The highest BCUT2D eigenvalue weighted by Crippen LogP contribution is 2.84. The van der Waals surface area contributed by atoms with Crippen LogP contribution in [0, 0.1) is 58.2 Å². The van der Waals surface area contributed by atoms with E-state index in [4.69, 9.17) is 0 Å². The lowest BCUT2D eigenvalue weighted by atomic mass is 9.48. The molecule has 0 amide bonds. The van der Waals surface area contributed by atoms with Crippen LogP contribution in [-0.2, 0) is 0 Å². The molecule has 6 aliphatic carbocycles. The molecule has 0 saturated heterocycles. The van der Waals surface area contributed by atoms with Crippen LogP contribution >= 0.6 is 0 Å². The normalized spacial score (nSPS) is 74.0. The molecule has 10 atom stereocenters. The van der Waals surface area contributed by atoms with Crippen molar-refractivity contribution < 1.29 is 0 Å². The van der Waals surface area contributed by atoms with Gasteiger partial charge >= 0.3 is 0 Å². The van der Waals surface area contributed by atoms with Gasteiger partial charge in [0.2, 0.25) is 0 Å². The van der Waals surface area contributed by atoms with Crippen LogP contribution in [0.15, 0.2) is 12.2 Å². The highest BCUT2D eigenvalue weighted by atomic mass is 14.8. The summed E-state index contributed by atoms with van der Waals surface area (Å²) in [6, 6.07) is 0. The van der Waals surface area contributed by atoms with Gasteiger partial charge in [-0.25, -0.2) is 0 Å². The Morgan fingerprint density at radius 3 is 2.68 bits per heavy atom. The summed E-state index contributed by atoms with van der Waals surface area (Å²) >= 11 is 0. The van der Waals surface area contributed by atoms with Gasteiger partial charge in [-0.15, -0.1) is 0 Å². The van der Waals surface area contributed by atoms with Crippen molar-refractivity contribution in [2.24, 2.45) is 58.2 Å². The first kappa shape index (κ1) is 10.5. The molecule has 6 bridgehead atoms. The predicted molar refractivity (Wildman–Crippen MR) is 76.4 cm³/mol. The summed E-state index contributed by atoms with van der Waals surface area (Å²) in [5.41, 5.74) is 1.39. The van der Waals surface area contributed by atoms with Crippen LogP contribution in [0.25, 0.3) is 0 Å². The Morgan fingerprint density at radius 2 is 1.79 bits per heavy atom. The third-order valence-corrected chi connectivity index (χ3v) is 9.60. The molecule has 0 radical (unpaired) electrons. The Morgan fingerprint density at radius 1 is 0.947 bits per heavy atom. The van der Waals surface area contributed by atoms with Crippen LogP contribution in [0.2, 0.25) is 0 Å². The van der Waals surface area contributed by atoms with Crippen molar-refractivity contribution in [3.8, 4) is 0 Å². The Labute approximate surface area is 117 Å². The molecule has 0 heterocycles. The van der Waals surface area contributed by atoms with E-state index in [1.807, 2.05) is 0 Å². The van der Waals surface area contributed by atoms with E-state index >= 15 is 0 Å². The molecule has 10 unspecified atom stereocenters. The van der Waals surface area contributed by atoms with Crippen molar-refractivity contribution in [3.63, 3.8) is 0 Å². The summed E-state index contributed by atoms with van der Waals surface area (Å²) < 4.78 is 0. The second kappa shape index (κ2) is 2.72. The minimum absolute atomic E-state index is 0.683. The smallest absolute Gasteiger partial charge is 0.0165 e. The topological polar surface area (TPSA) is 0 Å². The number of hydrogen-bond donors (Lipinski definition) is 0. The molecule has 0 spiro atoms. The summed E-state index contributed by atoms with van der Waals surface area (Å²) in [5, 5.41) is 0. The van der Waals surface area contributed by atoms with Gasteiger partial charge in [-0.2, -0.15) is 0 Å². The summed E-state index contributed by atoms with van der Waals surface area (Å²) in [4.78, 5) is 0. The second-order valence-electron chi connectivity index (χ2n) is 9.42. The van der Waals surface area contributed by atoms with Crippen LogP contribution < -0.4 is 0 Å². The standard InChI is InChI=1S/C19H26/c1-18-9-14(15-10-3-4-11(7-10)17(15)18)16-12-5-6-13(8-12)19(16,18)2/h5-6,10-17H,3-4,7-9H2,1-2H3. The van der Waals surface area contributed by atoms with Crippen LogP contribution in [0.1, 0.15) is 46.0 Å². The van der Waals surface area contributed by atoms with Crippen LogP contribution in [0.4, 0.5) is 0 Å². The van der Waals surface area contributed by atoms with E-state index in [0.29, 0.717) is 10.8 Å². The molecule has 5 fully saturated rings. The lowest BCUT2D eigenvalue weighted by molar-refractivity contribution is -0.0747. The second-order valence-corrected chi connectivity index (χ2v) is 9.42. The van der Waals surface area contributed by atoms with Gasteiger partial charge in [-0.1, -0.05) is 26.0 Å². The van der Waals surface area contributed by atoms with Crippen molar-refractivity contribution >= 4 is 0 Å². The monoisotopic (exact) mass is 254 g/mol. The van der Waals surface area contributed by atoms with E-state index in [-0.39, 0.29) is 0 Å². The molecule has 102 valence electrons. The highest BCUT2D eigenvalue weighted by Gasteiger charge is 2.78. The fourth-order valence-corrected chi connectivity index (χ4v) is 9.30. The van der Waals surface area contributed by atoms with Gasteiger partial charge in [0.25, 0.3) is 0 Å². The number of rotatable bonds is 0. The maximum absolute atomic E-state index is 2.74. The molecule has 0 N–H and O–H groups in total. The van der Waals surface area contributed by atoms with Crippen molar-refractivity contribution in [2.75, 3.05) is 0 Å². The largest absolute Gasteiger partial charge is 0.0848 e. The van der Waals surface area contributed by atoms with E-state index in [1.165, 1.54) is 6.42 Å². The maximum atomic E-state index is 2.74. The first-order chi connectivity index (χ1) is 9.14. The lowest BCUT2D eigenvalue weighted by Gasteiger charge is -2.56. The Bertz CT molecular complexity index is 504. The first-order valence-electron chi connectivity index (χ1n) is 8.83. The molecule has 0 nitrogen and oxygen atoms in total. The van der Waals surface area contributed by atoms with E-state index in [2.05, 4.69) is 26.0 Å². The zero-order chi connectivity index (χ0) is 12.6. The van der Waals surface area contributed by atoms with Gasteiger partial charge in [0.15, 0.2) is 0 Å². The van der Waals surface area contributed by atoms with Gasteiger partial charge in [-0.05, 0) is 90.3 Å². The Kier molecular flexibility index (Phi) is 1.50. The minimum atomic E-state index is 0.683. The first-order valence-corrected chi connectivity index (χ1v) is 8.83. The van der Waals surface area contributed by atoms with Crippen molar-refractivity contribution in [1.29, 1.82) is 0 Å². The Hall–Kier alpha value is -0.260. The molecule has 5 saturated carbocycles. The van der Waals surface area contributed by atoms with E-state index in [9.17, 15) is 0 Å². The molecule has 0 aromatic carbocycles. The van der Waals surface area contributed by atoms with Gasteiger partial charge in [0.1, 0.15) is 0 Å². The zero-order valence-corrected chi connectivity index (χ0v) is 12.3. The van der Waals surface area contributed by atoms with Gasteiger partial charge in [0, 0.05) is 0 Å². The SMILES string of the molecule is CC12CC(C3C4CCC(C4)C31)C1C3C=CC(C3)C12C. The highest BCUT2D eigenvalue weighted by molar-refractivity contribution is 5.32.